The fourth-order valence-electron chi connectivity index (χ4n) is 2.46. The van der Waals surface area contributed by atoms with Gasteiger partial charge >= 0.3 is 5.97 Å². The van der Waals surface area contributed by atoms with Crippen molar-refractivity contribution < 1.29 is 19.1 Å². The Hall–Kier alpha value is -3.15. The number of rotatable bonds is 5. The van der Waals surface area contributed by atoms with Crippen LogP contribution in [0.25, 0.3) is 0 Å². The van der Waals surface area contributed by atoms with Crippen molar-refractivity contribution in [3.63, 3.8) is 0 Å². The molecule has 0 aliphatic rings. The van der Waals surface area contributed by atoms with E-state index in [1.54, 1.807) is 36.4 Å². The van der Waals surface area contributed by atoms with E-state index in [9.17, 15) is 14.4 Å². The van der Waals surface area contributed by atoms with Gasteiger partial charge in [0.25, 0.3) is 5.91 Å². The van der Waals surface area contributed by atoms with E-state index in [0.29, 0.717) is 11.3 Å². The summed E-state index contributed by atoms with van der Waals surface area (Å²) in [5.41, 5.74) is 2.18. The second-order valence-electron chi connectivity index (χ2n) is 7.10. The summed E-state index contributed by atoms with van der Waals surface area (Å²) in [4.78, 5) is 36.1. The summed E-state index contributed by atoms with van der Waals surface area (Å²) < 4.78 is 4.69. The van der Waals surface area contributed by atoms with Crippen molar-refractivity contribution in [3.8, 4) is 0 Å². The van der Waals surface area contributed by atoms with Gasteiger partial charge in [-0.1, -0.05) is 45.0 Å². The van der Waals surface area contributed by atoms with Crippen molar-refractivity contribution in [3.05, 3.63) is 65.2 Å². The molecule has 0 heterocycles. The van der Waals surface area contributed by atoms with Crippen molar-refractivity contribution in [2.24, 2.45) is 0 Å². The molecule has 0 bridgehead atoms. The Bertz CT molecular complexity index is 836. The summed E-state index contributed by atoms with van der Waals surface area (Å²) >= 11 is 0. The molecule has 142 valence electrons. The number of nitrogens with one attached hydrogen (secondary N) is 2. The molecule has 0 aliphatic carbocycles. The lowest BCUT2D eigenvalue weighted by Crippen LogP contribution is -2.33. The minimum absolute atomic E-state index is 0.00191. The number of ether oxygens (including phenoxy) is 1. The number of methoxy groups -OCH3 is 1. The number of benzene rings is 2. The minimum Gasteiger partial charge on any atom is -0.465 e. The number of amides is 2. The Labute approximate surface area is 158 Å². The number of carbonyl (C=O) groups is 3. The van der Waals surface area contributed by atoms with Crippen LogP contribution in [-0.4, -0.2) is 31.4 Å². The van der Waals surface area contributed by atoms with Gasteiger partial charge in [0.1, 0.15) is 0 Å². The zero-order valence-corrected chi connectivity index (χ0v) is 16.0. The van der Waals surface area contributed by atoms with Crippen LogP contribution in [-0.2, 0) is 14.9 Å². The third-order valence-corrected chi connectivity index (χ3v) is 4.03. The monoisotopic (exact) mass is 368 g/mol. The van der Waals surface area contributed by atoms with Crippen LogP contribution in [0.15, 0.2) is 48.5 Å². The first-order valence-corrected chi connectivity index (χ1v) is 8.58. The maximum atomic E-state index is 12.2. The van der Waals surface area contributed by atoms with E-state index in [-0.39, 0.29) is 23.4 Å². The smallest absolute Gasteiger partial charge is 0.339 e. The van der Waals surface area contributed by atoms with Crippen molar-refractivity contribution in [1.29, 1.82) is 0 Å². The van der Waals surface area contributed by atoms with E-state index in [4.69, 9.17) is 0 Å². The van der Waals surface area contributed by atoms with E-state index < -0.39 is 11.9 Å². The molecule has 0 saturated heterocycles. The lowest BCUT2D eigenvalue weighted by atomic mass is 9.87. The third kappa shape index (κ3) is 5.41. The molecule has 0 aliphatic heterocycles. The molecule has 2 amide bonds. The average Bonchev–Trinajstić information content (AvgIpc) is 2.65. The fraction of sp³-hybridized carbons (Fsp3) is 0.286. The SMILES string of the molecule is COC(=O)c1ccccc1NC(=O)CNC(=O)c1ccc(C(C)(C)C)cc1. The molecule has 0 saturated carbocycles. The van der Waals surface area contributed by atoms with Crippen LogP contribution >= 0.6 is 0 Å². The first-order valence-electron chi connectivity index (χ1n) is 8.58. The van der Waals surface area contributed by atoms with Gasteiger partial charge in [-0.25, -0.2) is 4.79 Å². The highest BCUT2D eigenvalue weighted by Crippen LogP contribution is 2.22. The van der Waals surface area contributed by atoms with E-state index in [1.807, 2.05) is 12.1 Å². The molecular formula is C21H24N2O4. The molecule has 2 aromatic carbocycles. The van der Waals surface area contributed by atoms with Gasteiger partial charge in [-0.2, -0.15) is 0 Å². The molecule has 2 aromatic rings. The van der Waals surface area contributed by atoms with Crippen molar-refractivity contribution in [2.45, 2.75) is 26.2 Å². The molecule has 0 fully saturated rings. The van der Waals surface area contributed by atoms with Gasteiger partial charge in [-0.3, -0.25) is 9.59 Å². The molecular weight excluding hydrogens is 344 g/mol. The number of hydrogen-bond donors (Lipinski definition) is 2. The van der Waals surface area contributed by atoms with Crippen molar-refractivity contribution in [2.75, 3.05) is 19.0 Å². The van der Waals surface area contributed by atoms with Gasteiger partial charge in [0.2, 0.25) is 5.91 Å². The molecule has 0 radical (unpaired) electrons. The molecule has 27 heavy (non-hydrogen) atoms. The summed E-state index contributed by atoms with van der Waals surface area (Å²) in [6, 6.07) is 13.8. The molecule has 0 atom stereocenters. The molecule has 0 aromatic heterocycles. The zero-order valence-electron chi connectivity index (χ0n) is 16.0. The van der Waals surface area contributed by atoms with Gasteiger partial charge in [0.05, 0.1) is 24.9 Å². The van der Waals surface area contributed by atoms with E-state index in [2.05, 4.69) is 36.1 Å². The Kier molecular flexibility index (Phi) is 6.34. The van der Waals surface area contributed by atoms with Gasteiger partial charge < -0.3 is 15.4 Å². The average molecular weight is 368 g/mol. The van der Waals surface area contributed by atoms with Crippen LogP contribution in [0.4, 0.5) is 5.69 Å². The topological polar surface area (TPSA) is 84.5 Å². The predicted octanol–water partition coefficient (Wildman–Crippen LogP) is 3.14. The predicted molar refractivity (Wildman–Crippen MR) is 104 cm³/mol. The van der Waals surface area contributed by atoms with Crippen LogP contribution in [0.2, 0.25) is 0 Å². The van der Waals surface area contributed by atoms with Gasteiger partial charge in [0, 0.05) is 5.56 Å². The van der Waals surface area contributed by atoms with Gasteiger partial charge in [-0.15, -0.1) is 0 Å². The molecule has 6 nitrogen and oxygen atoms in total. The fourth-order valence-corrected chi connectivity index (χ4v) is 2.46. The van der Waals surface area contributed by atoms with Crippen LogP contribution in [0.3, 0.4) is 0 Å². The van der Waals surface area contributed by atoms with Crippen LogP contribution in [0, 0.1) is 0 Å². The maximum absolute atomic E-state index is 12.2. The highest BCUT2D eigenvalue weighted by atomic mass is 16.5. The highest BCUT2D eigenvalue weighted by Gasteiger charge is 2.16. The number of anilines is 1. The molecule has 2 rings (SSSR count). The first-order chi connectivity index (χ1) is 12.7. The van der Waals surface area contributed by atoms with E-state index in [1.165, 1.54) is 7.11 Å². The van der Waals surface area contributed by atoms with Crippen molar-refractivity contribution >= 4 is 23.5 Å². The quantitative estimate of drug-likeness (QED) is 0.794. The summed E-state index contributed by atoms with van der Waals surface area (Å²) in [7, 11) is 1.27. The number of esters is 1. The normalized spacial score (nSPS) is 10.8. The van der Waals surface area contributed by atoms with E-state index in [0.717, 1.165) is 5.56 Å². The Morgan fingerprint density at radius 2 is 1.59 bits per heavy atom. The number of hydrogen-bond acceptors (Lipinski definition) is 4. The van der Waals surface area contributed by atoms with Crippen LogP contribution < -0.4 is 10.6 Å². The van der Waals surface area contributed by atoms with E-state index >= 15 is 0 Å². The zero-order chi connectivity index (χ0) is 20.0. The highest BCUT2D eigenvalue weighted by molar-refractivity contribution is 6.03. The summed E-state index contributed by atoms with van der Waals surface area (Å²) in [6.07, 6.45) is 0. The Balaban J connectivity index is 1.96. The second kappa shape index (κ2) is 8.49. The Morgan fingerprint density at radius 1 is 0.963 bits per heavy atom. The van der Waals surface area contributed by atoms with Gasteiger partial charge in [0.15, 0.2) is 0 Å². The summed E-state index contributed by atoms with van der Waals surface area (Å²) in [5.74, 6) is -1.33. The maximum Gasteiger partial charge on any atom is 0.339 e. The molecule has 0 unspecified atom stereocenters. The summed E-state index contributed by atoms with van der Waals surface area (Å²) in [6.45, 7) is 6.07. The van der Waals surface area contributed by atoms with Crippen molar-refractivity contribution in [1.82, 2.24) is 5.32 Å². The number of carbonyl (C=O) groups excluding carboxylic acids is 3. The molecule has 6 heteroatoms. The lowest BCUT2D eigenvalue weighted by molar-refractivity contribution is -0.115. The lowest BCUT2D eigenvalue weighted by Gasteiger charge is -2.19. The Morgan fingerprint density at radius 3 is 2.19 bits per heavy atom. The minimum atomic E-state index is -0.547. The summed E-state index contributed by atoms with van der Waals surface area (Å²) in [5, 5.41) is 5.18. The first kappa shape index (κ1) is 20.2. The molecule has 2 N–H and O–H groups in total. The third-order valence-electron chi connectivity index (χ3n) is 4.03. The van der Waals surface area contributed by atoms with Gasteiger partial charge in [-0.05, 0) is 35.2 Å². The largest absolute Gasteiger partial charge is 0.465 e. The number of para-hydroxylation sites is 1. The van der Waals surface area contributed by atoms with Crippen LogP contribution in [0.1, 0.15) is 47.1 Å². The van der Waals surface area contributed by atoms with Crippen LogP contribution in [0.5, 0.6) is 0 Å². The second-order valence-corrected chi connectivity index (χ2v) is 7.10. The standard InChI is InChI=1S/C21H24N2O4/c1-21(2,3)15-11-9-14(10-12-15)19(25)22-13-18(24)23-17-8-6-5-7-16(17)20(26)27-4/h5-12H,13H2,1-4H3,(H,22,25)(H,23,24). The molecule has 0 spiro atoms.